The summed E-state index contributed by atoms with van der Waals surface area (Å²) >= 11 is 0. The third-order valence-electron chi connectivity index (χ3n) is 3.36. The summed E-state index contributed by atoms with van der Waals surface area (Å²) in [4.78, 5) is 1.68. The Labute approximate surface area is 132 Å². The van der Waals surface area contributed by atoms with Gasteiger partial charge in [-0.15, -0.1) is 0 Å². The van der Waals surface area contributed by atoms with Crippen molar-refractivity contribution in [1.82, 2.24) is 4.90 Å². The third-order valence-corrected chi connectivity index (χ3v) is 3.36. The maximum atomic E-state index is 13.6. The van der Waals surface area contributed by atoms with Crippen molar-refractivity contribution in [3.8, 4) is 5.75 Å². The normalized spacial score (nSPS) is 12.4. The summed E-state index contributed by atoms with van der Waals surface area (Å²) in [5, 5.41) is 9.99. The fourth-order valence-corrected chi connectivity index (χ4v) is 2.18. The highest BCUT2D eigenvalue weighted by atomic mass is 19.1. The van der Waals surface area contributed by atoms with Crippen molar-refractivity contribution in [3.05, 3.63) is 65.5 Å². The largest absolute Gasteiger partial charge is 0.492 e. The standard InChI is InChI=1S/C17H18F3NO2/c1-21(8-9-23-13-5-2-4-12(18)10-13)11-16(22)17-14(19)6-3-7-15(17)20/h2-7,10,16,22H,8-9,11H2,1H3. The van der Waals surface area contributed by atoms with Crippen LogP contribution in [0.4, 0.5) is 13.2 Å². The molecule has 0 aromatic heterocycles. The number of hydrogen-bond donors (Lipinski definition) is 1. The zero-order valence-corrected chi connectivity index (χ0v) is 12.7. The molecule has 2 aromatic rings. The van der Waals surface area contributed by atoms with Crippen LogP contribution >= 0.6 is 0 Å². The number of rotatable bonds is 7. The first kappa shape index (κ1) is 17.3. The molecule has 6 heteroatoms. The van der Waals surface area contributed by atoms with Gasteiger partial charge in [0.2, 0.25) is 0 Å². The zero-order chi connectivity index (χ0) is 16.8. The lowest BCUT2D eigenvalue weighted by Crippen LogP contribution is -2.29. The summed E-state index contributed by atoms with van der Waals surface area (Å²) < 4.78 is 45.5. The Kier molecular flexibility index (Phi) is 6.01. The van der Waals surface area contributed by atoms with Crippen molar-refractivity contribution < 1.29 is 23.0 Å². The van der Waals surface area contributed by atoms with Crippen molar-refractivity contribution in [2.75, 3.05) is 26.7 Å². The quantitative estimate of drug-likeness (QED) is 0.849. The molecule has 2 aromatic carbocycles. The lowest BCUT2D eigenvalue weighted by Gasteiger charge is -2.21. The van der Waals surface area contributed by atoms with Crippen LogP contribution in [0.25, 0.3) is 0 Å². The molecule has 0 aliphatic rings. The second-order valence-electron chi connectivity index (χ2n) is 5.22. The van der Waals surface area contributed by atoms with E-state index in [1.807, 2.05) is 0 Å². The SMILES string of the molecule is CN(CCOc1cccc(F)c1)CC(O)c1c(F)cccc1F. The highest BCUT2D eigenvalue weighted by Crippen LogP contribution is 2.21. The van der Waals surface area contributed by atoms with Crippen LogP contribution in [-0.4, -0.2) is 36.8 Å². The van der Waals surface area contributed by atoms with E-state index in [0.29, 0.717) is 12.3 Å². The lowest BCUT2D eigenvalue weighted by molar-refractivity contribution is 0.111. The fourth-order valence-electron chi connectivity index (χ4n) is 2.18. The number of aliphatic hydroxyl groups excluding tert-OH is 1. The summed E-state index contributed by atoms with van der Waals surface area (Å²) in [7, 11) is 1.69. The summed E-state index contributed by atoms with van der Waals surface area (Å²) in [5.74, 6) is -1.54. The average molecular weight is 325 g/mol. The van der Waals surface area contributed by atoms with Gasteiger partial charge in [-0.2, -0.15) is 0 Å². The first-order chi connectivity index (χ1) is 11.0. The van der Waals surface area contributed by atoms with Crippen LogP contribution in [0.15, 0.2) is 42.5 Å². The highest BCUT2D eigenvalue weighted by molar-refractivity contribution is 5.23. The van der Waals surface area contributed by atoms with Gasteiger partial charge in [0, 0.05) is 19.2 Å². The summed E-state index contributed by atoms with van der Waals surface area (Å²) in [6.45, 7) is 0.709. The predicted molar refractivity (Wildman–Crippen MR) is 80.7 cm³/mol. The first-order valence-electron chi connectivity index (χ1n) is 7.16. The number of aliphatic hydroxyl groups is 1. The maximum Gasteiger partial charge on any atom is 0.131 e. The topological polar surface area (TPSA) is 32.7 Å². The molecule has 23 heavy (non-hydrogen) atoms. The molecule has 124 valence electrons. The first-order valence-corrected chi connectivity index (χ1v) is 7.16. The van der Waals surface area contributed by atoms with Gasteiger partial charge in [0.25, 0.3) is 0 Å². The third kappa shape index (κ3) is 4.97. The highest BCUT2D eigenvalue weighted by Gasteiger charge is 2.19. The number of benzene rings is 2. The van der Waals surface area contributed by atoms with Crippen LogP contribution in [0.1, 0.15) is 11.7 Å². The molecule has 1 atom stereocenters. The molecule has 0 radical (unpaired) electrons. The van der Waals surface area contributed by atoms with Crippen LogP contribution in [-0.2, 0) is 0 Å². The van der Waals surface area contributed by atoms with E-state index >= 15 is 0 Å². The smallest absolute Gasteiger partial charge is 0.131 e. The number of ether oxygens (including phenoxy) is 1. The Bertz CT molecular complexity index is 631. The van der Waals surface area contributed by atoms with Crippen LogP contribution < -0.4 is 4.74 Å². The van der Waals surface area contributed by atoms with Gasteiger partial charge < -0.3 is 14.7 Å². The van der Waals surface area contributed by atoms with E-state index in [0.717, 1.165) is 12.1 Å². The second kappa shape index (κ2) is 7.99. The minimum Gasteiger partial charge on any atom is -0.492 e. The molecular weight excluding hydrogens is 307 g/mol. The van der Waals surface area contributed by atoms with E-state index in [1.54, 1.807) is 24.1 Å². The summed E-state index contributed by atoms with van der Waals surface area (Å²) in [6.07, 6.45) is -1.28. The molecule has 0 saturated heterocycles. The van der Waals surface area contributed by atoms with E-state index < -0.39 is 17.7 Å². The van der Waals surface area contributed by atoms with Crippen molar-refractivity contribution in [1.29, 1.82) is 0 Å². The monoisotopic (exact) mass is 325 g/mol. The summed E-state index contributed by atoms with van der Waals surface area (Å²) in [5.41, 5.74) is -0.342. The number of likely N-dealkylation sites (N-methyl/N-ethyl adjacent to an activating group) is 1. The molecule has 1 unspecified atom stereocenters. The van der Waals surface area contributed by atoms with E-state index in [2.05, 4.69) is 0 Å². The van der Waals surface area contributed by atoms with E-state index in [1.165, 1.54) is 18.2 Å². The Morgan fingerprint density at radius 2 is 1.74 bits per heavy atom. The van der Waals surface area contributed by atoms with E-state index in [4.69, 9.17) is 4.74 Å². The molecule has 0 bridgehead atoms. The molecule has 3 nitrogen and oxygen atoms in total. The molecule has 0 fully saturated rings. The van der Waals surface area contributed by atoms with Crippen molar-refractivity contribution in [3.63, 3.8) is 0 Å². The Balaban J connectivity index is 1.83. The Morgan fingerprint density at radius 3 is 2.39 bits per heavy atom. The van der Waals surface area contributed by atoms with Gasteiger partial charge in [0.15, 0.2) is 0 Å². The Morgan fingerprint density at radius 1 is 1.09 bits per heavy atom. The van der Waals surface area contributed by atoms with Gasteiger partial charge >= 0.3 is 0 Å². The second-order valence-corrected chi connectivity index (χ2v) is 5.22. The van der Waals surface area contributed by atoms with Gasteiger partial charge in [-0.25, -0.2) is 13.2 Å². The molecule has 0 spiro atoms. The van der Waals surface area contributed by atoms with Gasteiger partial charge in [0.05, 0.1) is 11.7 Å². The van der Waals surface area contributed by atoms with Gasteiger partial charge in [-0.1, -0.05) is 12.1 Å². The van der Waals surface area contributed by atoms with E-state index in [-0.39, 0.29) is 24.5 Å². The van der Waals surface area contributed by atoms with E-state index in [9.17, 15) is 18.3 Å². The zero-order valence-electron chi connectivity index (χ0n) is 12.7. The molecule has 0 aliphatic heterocycles. The van der Waals surface area contributed by atoms with Crippen LogP contribution in [0.5, 0.6) is 5.75 Å². The number of nitrogens with zero attached hydrogens (tertiary/aromatic N) is 1. The minimum atomic E-state index is -1.28. The molecule has 0 heterocycles. The van der Waals surface area contributed by atoms with Gasteiger partial charge in [-0.3, -0.25) is 0 Å². The van der Waals surface area contributed by atoms with Gasteiger partial charge in [-0.05, 0) is 31.3 Å². The van der Waals surface area contributed by atoms with Crippen molar-refractivity contribution in [2.45, 2.75) is 6.10 Å². The van der Waals surface area contributed by atoms with Crippen LogP contribution in [0.3, 0.4) is 0 Å². The number of halogens is 3. The molecule has 0 saturated carbocycles. The molecule has 1 N–H and O–H groups in total. The van der Waals surface area contributed by atoms with Gasteiger partial charge in [0.1, 0.15) is 29.8 Å². The molecule has 2 rings (SSSR count). The summed E-state index contributed by atoms with van der Waals surface area (Å²) in [6, 6.07) is 9.22. The van der Waals surface area contributed by atoms with Crippen LogP contribution in [0.2, 0.25) is 0 Å². The molecule has 0 amide bonds. The number of hydrogen-bond acceptors (Lipinski definition) is 3. The van der Waals surface area contributed by atoms with Crippen LogP contribution in [0, 0.1) is 17.5 Å². The minimum absolute atomic E-state index is 0.0460. The Hall–Kier alpha value is -2.05. The fraction of sp³-hybridized carbons (Fsp3) is 0.294. The molecule has 0 aliphatic carbocycles. The molecular formula is C17H18F3NO2. The van der Waals surface area contributed by atoms with Crippen molar-refractivity contribution >= 4 is 0 Å². The average Bonchev–Trinajstić information content (AvgIpc) is 2.47. The van der Waals surface area contributed by atoms with Crippen molar-refractivity contribution in [2.24, 2.45) is 0 Å². The predicted octanol–water partition coefficient (Wildman–Crippen LogP) is 3.15. The maximum absolute atomic E-state index is 13.6. The lowest BCUT2D eigenvalue weighted by atomic mass is 10.1.